The Balaban J connectivity index is 2.38. The van der Waals surface area contributed by atoms with Gasteiger partial charge in [0.25, 0.3) is 0 Å². The Morgan fingerprint density at radius 2 is 2.11 bits per heavy atom. The molecule has 2 rings (SSSR count). The zero-order chi connectivity index (χ0) is 13.8. The van der Waals surface area contributed by atoms with Crippen molar-refractivity contribution in [2.45, 2.75) is 19.9 Å². The van der Waals surface area contributed by atoms with E-state index >= 15 is 0 Å². The minimum absolute atomic E-state index is 0.127. The molecular weight excluding hydrogens is 263 g/mol. The number of nitrogens with zero attached hydrogens (tertiary/aromatic N) is 1. The lowest BCUT2D eigenvalue weighted by molar-refractivity contribution is 0.591. The maximum atomic E-state index is 13.7. The largest absolute Gasteiger partial charge is 0.305 e. The third-order valence-corrected chi connectivity index (χ3v) is 3.21. The van der Waals surface area contributed by atoms with E-state index in [0.717, 1.165) is 17.8 Å². The van der Waals surface area contributed by atoms with Gasteiger partial charge >= 0.3 is 0 Å². The first-order valence-corrected chi connectivity index (χ1v) is 6.60. The average molecular weight is 279 g/mol. The molecule has 0 bridgehead atoms. The molecule has 1 atom stereocenters. The topological polar surface area (TPSA) is 24.9 Å². The Kier molecular flexibility index (Phi) is 4.51. The molecule has 19 heavy (non-hydrogen) atoms. The first-order valence-electron chi connectivity index (χ1n) is 6.22. The number of hydrogen-bond donors (Lipinski definition) is 1. The number of aromatic nitrogens is 1. The summed E-state index contributed by atoms with van der Waals surface area (Å²) in [4.78, 5) is 4.31. The quantitative estimate of drug-likeness (QED) is 0.918. The zero-order valence-corrected chi connectivity index (χ0v) is 11.7. The maximum Gasteiger partial charge on any atom is 0.126 e. The highest BCUT2D eigenvalue weighted by Crippen LogP contribution is 2.23. The van der Waals surface area contributed by atoms with E-state index in [1.54, 1.807) is 31.3 Å². The van der Waals surface area contributed by atoms with Gasteiger partial charge in [-0.3, -0.25) is 4.98 Å². The van der Waals surface area contributed by atoms with Gasteiger partial charge in [0.1, 0.15) is 5.82 Å². The number of rotatable bonds is 4. The summed E-state index contributed by atoms with van der Waals surface area (Å²) in [5.74, 6) is -0.200. The lowest BCUT2D eigenvalue weighted by Gasteiger charge is -2.18. The van der Waals surface area contributed by atoms with Gasteiger partial charge in [-0.15, -0.1) is 0 Å². The Bertz CT molecular complexity index is 555. The molecule has 1 unspecified atom stereocenters. The number of aryl methyl sites for hydroxylation is 1. The van der Waals surface area contributed by atoms with Crippen molar-refractivity contribution in [2.75, 3.05) is 6.54 Å². The van der Waals surface area contributed by atoms with Crippen molar-refractivity contribution < 1.29 is 4.39 Å². The van der Waals surface area contributed by atoms with Crippen molar-refractivity contribution in [3.05, 3.63) is 64.2 Å². The predicted octanol–water partition coefficient (Wildman–Crippen LogP) is 3.88. The molecule has 0 amide bonds. The summed E-state index contributed by atoms with van der Waals surface area (Å²) in [5, 5.41) is 3.90. The molecule has 2 aromatic rings. The van der Waals surface area contributed by atoms with Gasteiger partial charge < -0.3 is 5.32 Å². The molecule has 0 radical (unpaired) electrons. The third kappa shape index (κ3) is 3.31. The van der Waals surface area contributed by atoms with E-state index < -0.39 is 0 Å². The number of nitrogens with one attached hydrogen (secondary N) is 1. The Labute approximate surface area is 117 Å². The number of pyridine rings is 1. The molecule has 0 saturated carbocycles. The Morgan fingerprint density at radius 1 is 1.32 bits per heavy atom. The average Bonchev–Trinajstić information content (AvgIpc) is 2.41. The summed E-state index contributed by atoms with van der Waals surface area (Å²) in [6, 6.07) is 8.77. The van der Waals surface area contributed by atoms with E-state index in [1.165, 1.54) is 0 Å². The summed E-state index contributed by atoms with van der Waals surface area (Å²) in [5.41, 5.74) is 2.33. The third-order valence-electron chi connectivity index (χ3n) is 2.98. The lowest BCUT2D eigenvalue weighted by Crippen LogP contribution is -2.23. The Hall–Kier alpha value is -1.45. The van der Waals surface area contributed by atoms with E-state index in [9.17, 15) is 4.39 Å². The molecule has 0 saturated heterocycles. The van der Waals surface area contributed by atoms with E-state index in [-0.39, 0.29) is 11.9 Å². The van der Waals surface area contributed by atoms with Crippen LogP contribution < -0.4 is 5.32 Å². The van der Waals surface area contributed by atoms with Gasteiger partial charge in [-0.25, -0.2) is 4.39 Å². The van der Waals surface area contributed by atoms with Gasteiger partial charge in [0.05, 0.1) is 16.8 Å². The summed E-state index contributed by atoms with van der Waals surface area (Å²) >= 11 is 5.84. The molecule has 0 spiro atoms. The normalized spacial score (nSPS) is 12.4. The van der Waals surface area contributed by atoms with Gasteiger partial charge in [0.15, 0.2) is 0 Å². The molecule has 2 nitrogen and oxygen atoms in total. The second kappa shape index (κ2) is 6.13. The first-order chi connectivity index (χ1) is 9.11. The number of benzene rings is 1. The van der Waals surface area contributed by atoms with Crippen LogP contribution in [-0.4, -0.2) is 11.5 Å². The molecule has 100 valence electrons. The second-order valence-electron chi connectivity index (χ2n) is 4.40. The van der Waals surface area contributed by atoms with E-state index in [4.69, 9.17) is 11.6 Å². The van der Waals surface area contributed by atoms with Crippen LogP contribution in [0.2, 0.25) is 5.02 Å². The second-order valence-corrected chi connectivity index (χ2v) is 4.84. The van der Waals surface area contributed by atoms with Crippen LogP contribution in [0.25, 0.3) is 0 Å². The van der Waals surface area contributed by atoms with E-state index in [2.05, 4.69) is 10.3 Å². The van der Waals surface area contributed by atoms with Crippen LogP contribution in [0.5, 0.6) is 0 Å². The molecule has 0 aliphatic rings. The molecule has 0 aliphatic heterocycles. The molecule has 1 heterocycles. The standard InChI is InChI=1S/C15H16ClFN2/c1-3-18-15(14-7-6-12(16)9-19-14)11-5-4-10(2)13(17)8-11/h4-9,15,18H,3H2,1-2H3. The van der Waals surface area contributed by atoms with Crippen molar-refractivity contribution >= 4 is 11.6 Å². The fourth-order valence-electron chi connectivity index (χ4n) is 1.94. The maximum absolute atomic E-state index is 13.7. The van der Waals surface area contributed by atoms with Gasteiger partial charge in [0.2, 0.25) is 0 Å². The van der Waals surface area contributed by atoms with Gasteiger partial charge in [0, 0.05) is 6.20 Å². The van der Waals surface area contributed by atoms with Crippen molar-refractivity contribution in [2.24, 2.45) is 0 Å². The van der Waals surface area contributed by atoms with Crippen LogP contribution >= 0.6 is 11.6 Å². The fourth-order valence-corrected chi connectivity index (χ4v) is 2.06. The van der Waals surface area contributed by atoms with Gasteiger partial charge in [-0.1, -0.05) is 30.7 Å². The van der Waals surface area contributed by atoms with Crippen LogP contribution in [0.15, 0.2) is 36.5 Å². The van der Waals surface area contributed by atoms with Crippen LogP contribution in [0.4, 0.5) is 4.39 Å². The molecule has 1 aromatic carbocycles. The minimum atomic E-state index is -0.200. The fraction of sp³-hybridized carbons (Fsp3) is 0.267. The first kappa shape index (κ1) is 14.0. The summed E-state index contributed by atoms with van der Waals surface area (Å²) in [6.07, 6.45) is 1.60. The van der Waals surface area contributed by atoms with Crippen LogP contribution in [0, 0.1) is 12.7 Å². The van der Waals surface area contributed by atoms with Crippen molar-refractivity contribution in [1.82, 2.24) is 10.3 Å². The van der Waals surface area contributed by atoms with Gasteiger partial charge in [-0.2, -0.15) is 0 Å². The minimum Gasteiger partial charge on any atom is -0.305 e. The van der Waals surface area contributed by atoms with Crippen molar-refractivity contribution in [3.8, 4) is 0 Å². The number of halogens is 2. The van der Waals surface area contributed by atoms with Crippen LogP contribution in [0.3, 0.4) is 0 Å². The summed E-state index contributed by atoms with van der Waals surface area (Å²) in [6.45, 7) is 4.53. The SMILES string of the molecule is CCNC(c1ccc(C)c(F)c1)c1ccc(Cl)cn1. The molecule has 1 aromatic heterocycles. The Morgan fingerprint density at radius 3 is 2.68 bits per heavy atom. The summed E-state index contributed by atoms with van der Waals surface area (Å²) < 4.78 is 13.7. The highest BCUT2D eigenvalue weighted by Gasteiger charge is 2.15. The zero-order valence-electron chi connectivity index (χ0n) is 11.0. The predicted molar refractivity (Wildman–Crippen MR) is 75.9 cm³/mol. The van der Waals surface area contributed by atoms with Crippen LogP contribution in [-0.2, 0) is 0 Å². The molecule has 0 fully saturated rings. The van der Waals surface area contributed by atoms with Gasteiger partial charge in [-0.05, 0) is 42.8 Å². The monoisotopic (exact) mass is 278 g/mol. The van der Waals surface area contributed by atoms with E-state index in [1.807, 2.05) is 19.1 Å². The summed E-state index contributed by atoms with van der Waals surface area (Å²) in [7, 11) is 0. The van der Waals surface area contributed by atoms with Crippen molar-refractivity contribution in [1.29, 1.82) is 0 Å². The molecule has 4 heteroatoms. The van der Waals surface area contributed by atoms with E-state index in [0.29, 0.717) is 10.6 Å². The van der Waals surface area contributed by atoms with Crippen LogP contribution in [0.1, 0.15) is 29.8 Å². The van der Waals surface area contributed by atoms with Crippen molar-refractivity contribution in [3.63, 3.8) is 0 Å². The highest BCUT2D eigenvalue weighted by atomic mass is 35.5. The number of hydrogen-bond acceptors (Lipinski definition) is 2. The highest BCUT2D eigenvalue weighted by molar-refractivity contribution is 6.30. The molecule has 0 aliphatic carbocycles. The smallest absolute Gasteiger partial charge is 0.126 e. The lowest BCUT2D eigenvalue weighted by atomic mass is 10.0. The molecular formula is C15H16ClFN2. The molecule has 1 N–H and O–H groups in total.